The van der Waals surface area contributed by atoms with E-state index in [1.807, 2.05) is 6.20 Å². The molecule has 0 spiro atoms. The second-order valence-electron chi connectivity index (χ2n) is 6.11. The average molecular weight is 281 g/mol. The molecule has 1 N–H and O–H groups in total. The molecule has 1 atom stereocenters. The molecule has 0 bridgehead atoms. The molecule has 1 aliphatic heterocycles. The standard InChI is InChI=1S/C18H23N3/c1-13(2)19-11-15-8-9-18(20-12-15)21-14(3)10-16-6-4-5-7-17(16)21/h4-9,12-14,19H,10-11H2,1-3H3. The zero-order valence-corrected chi connectivity index (χ0v) is 13.0. The Kier molecular flexibility index (Phi) is 3.93. The minimum Gasteiger partial charge on any atom is -0.323 e. The summed E-state index contributed by atoms with van der Waals surface area (Å²) in [4.78, 5) is 7.02. The largest absolute Gasteiger partial charge is 0.323 e. The van der Waals surface area contributed by atoms with Crippen molar-refractivity contribution in [3.8, 4) is 0 Å². The lowest BCUT2D eigenvalue weighted by molar-refractivity contribution is 0.588. The van der Waals surface area contributed by atoms with Gasteiger partial charge in [0.05, 0.1) is 0 Å². The summed E-state index contributed by atoms with van der Waals surface area (Å²) in [5.41, 5.74) is 3.94. The summed E-state index contributed by atoms with van der Waals surface area (Å²) in [6.45, 7) is 7.45. The summed E-state index contributed by atoms with van der Waals surface area (Å²) in [6.07, 6.45) is 3.08. The Labute approximate surface area is 127 Å². The van der Waals surface area contributed by atoms with E-state index in [0.29, 0.717) is 12.1 Å². The molecule has 3 rings (SSSR count). The summed E-state index contributed by atoms with van der Waals surface area (Å²) in [5.74, 6) is 1.04. The predicted octanol–water partition coefficient (Wildman–Crippen LogP) is 3.66. The van der Waals surface area contributed by atoms with E-state index in [-0.39, 0.29) is 0 Å². The maximum Gasteiger partial charge on any atom is 0.133 e. The number of rotatable bonds is 4. The van der Waals surface area contributed by atoms with Crippen molar-refractivity contribution >= 4 is 11.5 Å². The van der Waals surface area contributed by atoms with Gasteiger partial charge in [0.15, 0.2) is 0 Å². The summed E-state index contributed by atoms with van der Waals surface area (Å²) in [5, 5.41) is 3.42. The van der Waals surface area contributed by atoms with Gasteiger partial charge in [0.25, 0.3) is 0 Å². The Hall–Kier alpha value is -1.87. The zero-order chi connectivity index (χ0) is 14.8. The summed E-state index contributed by atoms with van der Waals surface area (Å²) >= 11 is 0. The Morgan fingerprint density at radius 1 is 1.24 bits per heavy atom. The smallest absolute Gasteiger partial charge is 0.133 e. The van der Waals surface area contributed by atoms with E-state index in [9.17, 15) is 0 Å². The van der Waals surface area contributed by atoms with Crippen LogP contribution in [0.25, 0.3) is 0 Å². The van der Waals surface area contributed by atoms with Crippen LogP contribution in [-0.4, -0.2) is 17.1 Å². The first-order valence-electron chi connectivity index (χ1n) is 7.70. The van der Waals surface area contributed by atoms with Crippen LogP contribution in [0.15, 0.2) is 42.6 Å². The van der Waals surface area contributed by atoms with Gasteiger partial charge in [-0.05, 0) is 36.6 Å². The lowest BCUT2D eigenvalue weighted by Gasteiger charge is -2.24. The number of hydrogen-bond acceptors (Lipinski definition) is 3. The fraction of sp³-hybridized carbons (Fsp3) is 0.389. The number of benzene rings is 1. The summed E-state index contributed by atoms with van der Waals surface area (Å²) in [7, 11) is 0. The number of para-hydroxylation sites is 1. The van der Waals surface area contributed by atoms with Crippen molar-refractivity contribution in [2.24, 2.45) is 0 Å². The third kappa shape index (κ3) is 2.93. The van der Waals surface area contributed by atoms with Crippen molar-refractivity contribution in [2.45, 2.75) is 45.8 Å². The van der Waals surface area contributed by atoms with Crippen molar-refractivity contribution in [1.82, 2.24) is 10.3 Å². The number of nitrogens with zero attached hydrogens (tertiary/aromatic N) is 2. The number of nitrogens with one attached hydrogen (secondary N) is 1. The molecule has 2 heterocycles. The van der Waals surface area contributed by atoms with Crippen molar-refractivity contribution in [3.05, 3.63) is 53.7 Å². The highest BCUT2D eigenvalue weighted by molar-refractivity contribution is 5.68. The lowest BCUT2D eigenvalue weighted by atomic mass is 10.1. The molecule has 1 aliphatic rings. The molecule has 0 aliphatic carbocycles. The molecule has 0 radical (unpaired) electrons. The molecule has 3 nitrogen and oxygen atoms in total. The van der Waals surface area contributed by atoms with E-state index in [1.165, 1.54) is 16.8 Å². The van der Waals surface area contributed by atoms with Gasteiger partial charge in [0.2, 0.25) is 0 Å². The van der Waals surface area contributed by atoms with E-state index in [2.05, 4.69) is 72.4 Å². The zero-order valence-electron chi connectivity index (χ0n) is 13.0. The monoisotopic (exact) mass is 281 g/mol. The van der Waals surface area contributed by atoms with Gasteiger partial charge in [-0.25, -0.2) is 4.98 Å². The minimum absolute atomic E-state index is 0.467. The molecule has 0 fully saturated rings. The van der Waals surface area contributed by atoms with Crippen molar-refractivity contribution in [1.29, 1.82) is 0 Å². The molecule has 1 unspecified atom stereocenters. The first kappa shape index (κ1) is 14.1. The van der Waals surface area contributed by atoms with Crippen LogP contribution in [0.1, 0.15) is 31.9 Å². The van der Waals surface area contributed by atoms with Gasteiger partial charge in [0, 0.05) is 30.5 Å². The molecular weight excluding hydrogens is 258 g/mol. The van der Waals surface area contributed by atoms with Gasteiger partial charge in [-0.1, -0.05) is 38.1 Å². The highest BCUT2D eigenvalue weighted by Gasteiger charge is 2.27. The van der Waals surface area contributed by atoms with E-state index in [4.69, 9.17) is 0 Å². The van der Waals surface area contributed by atoms with E-state index in [0.717, 1.165) is 18.8 Å². The van der Waals surface area contributed by atoms with Gasteiger partial charge in [0.1, 0.15) is 5.82 Å². The lowest BCUT2D eigenvalue weighted by Crippen LogP contribution is -2.25. The van der Waals surface area contributed by atoms with E-state index >= 15 is 0 Å². The average Bonchev–Trinajstić information content (AvgIpc) is 2.81. The number of hydrogen-bond donors (Lipinski definition) is 1. The van der Waals surface area contributed by atoms with Crippen LogP contribution >= 0.6 is 0 Å². The third-order valence-corrected chi connectivity index (χ3v) is 3.98. The van der Waals surface area contributed by atoms with Gasteiger partial charge < -0.3 is 10.2 Å². The molecule has 21 heavy (non-hydrogen) atoms. The highest BCUT2D eigenvalue weighted by Crippen LogP contribution is 2.36. The topological polar surface area (TPSA) is 28.2 Å². The van der Waals surface area contributed by atoms with Crippen LogP contribution in [0.3, 0.4) is 0 Å². The van der Waals surface area contributed by atoms with Crippen LogP contribution in [0.5, 0.6) is 0 Å². The molecule has 1 aromatic carbocycles. The summed E-state index contributed by atoms with van der Waals surface area (Å²) in [6, 6.07) is 13.9. The second-order valence-corrected chi connectivity index (χ2v) is 6.11. The van der Waals surface area contributed by atoms with Crippen LogP contribution in [0.2, 0.25) is 0 Å². The normalized spacial score (nSPS) is 17.3. The van der Waals surface area contributed by atoms with Gasteiger partial charge >= 0.3 is 0 Å². The quantitative estimate of drug-likeness (QED) is 0.927. The highest BCUT2D eigenvalue weighted by atomic mass is 15.2. The molecule has 110 valence electrons. The number of pyridine rings is 1. The van der Waals surface area contributed by atoms with Crippen LogP contribution in [0, 0.1) is 0 Å². The first-order chi connectivity index (χ1) is 10.1. The van der Waals surface area contributed by atoms with Gasteiger partial charge in [-0.15, -0.1) is 0 Å². The fourth-order valence-electron chi connectivity index (χ4n) is 2.90. The molecule has 0 amide bonds. The molecule has 3 heteroatoms. The number of fused-ring (bicyclic) bond motifs is 1. The minimum atomic E-state index is 0.467. The van der Waals surface area contributed by atoms with Crippen molar-refractivity contribution < 1.29 is 0 Å². The molecular formula is C18H23N3. The third-order valence-electron chi connectivity index (χ3n) is 3.98. The van der Waals surface area contributed by atoms with E-state index < -0.39 is 0 Å². The first-order valence-corrected chi connectivity index (χ1v) is 7.70. The van der Waals surface area contributed by atoms with Crippen molar-refractivity contribution in [3.63, 3.8) is 0 Å². The maximum atomic E-state index is 4.67. The fourth-order valence-corrected chi connectivity index (χ4v) is 2.90. The summed E-state index contributed by atoms with van der Waals surface area (Å²) < 4.78 is 0. The maximum absolute atomic E-state index is 4.67. The van der Waals surface area contributed by atoms with Crippen LogP contribution in [0.4, 0.5) is 11.5 Å². The Bertz CT molecular complexity index is 604. The Morgan fingerprint density at radius 3 is 2.76 bits per heavy atom. The van der Waals surface area contributed by atoms with Gasteiger partial charge in [-0.2, -0.15) is 0 Å². The van der Waals surface area contributed by atoms with E-state index in [1.54, 1.807) is 0 Å². The van der Waals surface area contributed by atoms with Crippen LogP contribution < -0.4 is 10.2 Å². The van der Waals surface area contributed by atoms with Gasteiger partial charge in [-0.3, -0.25) is 0 Å². The number of aromatic nitrogens is 1. The second kappa shape index (κ2) is 5.86. The Balaban J connectivity index is 1.81. The molecule has 1 aromatic heterocycles. The Morgan fingerprint density at radius 2 is 2.05 bits per heavy atom. The SMILES string of the molecule is CC(C)NCc1ccc(N2c3ccccc3CC2C)nc1. The molecule has 0 saturated carbocycles. The number of anilines is 2. The molecule has 2 aromatic rings. The predicted molar refractivity (Wildman–Crippen MR) is 88.0 cm³/mol. The molecule has 0 saturated heterocycles. The van der Waals surface area contributed by atoms with Crippen LogP contribution in [-0.2, 0) is 13.0 Å². The van der Waals surface area contributed by atoms with Crippen molar-refractivity contribution in [2.75, 3.05) is 4.90 Å².